The molecule has 1 heterocycles. The van der Waals surface area contributed by atoms with Gasteiger partial charge in [-0.2, -0.15) is 0 Å². The Kier molecular flexibility index (Phi) is 4.39. The van der Waals surface area contributed by atoms with Gasteiger partial charge in [0.05, 0.1) is 11.1 Å². The van der Waals surface area contributed by atoms with Crippen LogP contribution in [0.15, 0.2) is 18.2 Å². The van der Waals surface area contributed by atoms with E-state index in [1.54, 1.807) is 6.92 Å². The van der Waals surface area contributed by atoms with Gasteiger partial charge < -0.3 is 10.4 Å². The van der Waals surface area contributed by atoms with E-state index in [9.17, 15) is 14.0 Å². The minimum atomic E-state index is -1.08. The maximum Gasteiger partial charge on any atom is 0.327 e. The molecular weight excluding hydrogens is 307 g/mol. The molecule has 2 unspecified atom stereocenters. The summed E-state index contributed by atoms with van der Waals surface area (Å²) in [4.78, 5) is 24.4. The molecule has 1 saturated heterocycles. The zero-order valence-corrected chi connectivity index (χ0v) is 12.0. The quantitative estimate of drug-likeness (QED) is 0.879. The Morgan fingerprint density at radius 3 is 2.90 bits per heavy atom. The van der Waals surface area contributed by atoms with Crippen LogP contribution < -0.4 is 5.32 Å². The molecule has 5 nitrogen and oxygen atoms in total. The van der Waals surface area contributed by atoms with Crippen LogP contribution in [-0.4, -0.2) is 39.2 Å². The van der Waals surface area contributed by atoms with Crippen LogP contribution in [-0.2, 0) is 4.79 Å². The lowest BCUT2D eigenvalue weighted by Gasteiger charge is -2.25. The molecule has 2 atom stereocenters. The first-order chi connectivity index (χ1) is 9.40. The zero-order chi connectivity index (χ0) is 14.9. The van der Waals surface area contributed by atoms with Gasteiger partial charge in [-0.15, -0.1) is 11.8 Å². The minimum Gasteiger partial charge on any atom is -0.480 e. The van der Waals surface area contributed by atoms with Crippen LogP contribution in [0, 0.1) is 5.82 Å². The predicted octanol–water partition coefficient (Wildman–Crippen LogP) is 2.86. The number of nitrogens with zero attached hydrogens (tertiary/aromatic N) is 1. The number of benzene rings is 1. The minimum absolute atomic E-state index is 0.0734. The van der Waals surface area contributed by atoms with E-state index in [1.807, 2.05) is 0 Å². The fraction of sp³-hybridized carbons (Fsp3) is 0.333. The number of rotatable bonds is 2. The van der Waals surface area contributed by atoms with Crippen molar-refractivity contribution in [3.8, 4) is 0 Å². The number of hydrogen-bond acceptors (Lipinski definition) is 3. The number of carboxylic acid groups (broad SMARTS) is 1. The SMILES string of the molecule is CC1SCC(C(=O)O)N1C(=O)Nc1cc(Cl)ccc1F. The lowest BCUT2D eigenvalue weighted by molar-refractivity contribution is -0.141. The molecule has 0 radical (unpaired) electrons. The molecule has 2 rings (SSSR count). The largest absolute Gasteiger partial charge is 0.480 e. The Bertz CT molecular complexity index is 558. The maximum atomic E-state index is 13.6. The molecule has 1 fully saturated rings. The van der Waals surface area contributed by atoms with Crippen molar-refractivity contribution in [3.05, 3.63) is 29.0 Å². The van der Waals surface area contributed by atoms with E-state index < -0.39 is 23.9 Å². The predicted molar refractivity (Wildman–Crippen MR) is 75.6 cm³/mol. The third kappa shape index (κ3) is 2.99. The van der Waals surface area contributed by atoms with Crippen molar-refractivity contribution in [1.82, 2.24) is 4.90 Å². The van der Waals surface area contributed by atoms with Gasteiger partial charge in [-0.05, 0) is 25.1 Å². The van der Waals surface area contributed by atoms with E-state index in [4.69, 9.17) is 16.7 Å². The third-order valence-electron chi connectivity index (χ3n) is 2.91. The van der Waals surface area contributed by atoms with Crippen LogP contribution in [0.3, 0.4) is 0 Å². The topological polar surface area (TPSA) is 69.6 Å². The Hall–Kier alpha value is -1.47. The van der Waals surface area contributed by atoms with Crippen LogP contribution in [0.25, 0.3) is 0 Å². The summed E-state index contributed by atoms with van der Waals surface area (Å²) >= 11 is 7.09. The first-order valence-corrected chi connectivity index (χ1v) is 7.21. The molecule has 0 saturated carbocycles. The summed E-state index contributed by atoms with van der Waals surface area (Å²) in [6.45, 7) is 1.72. The summed E-state index contributed by atoms with van der Waals surface area (Å²) in [6.07, 6.45) is 0. The van der Waals surface area contributed by atoms with Crippen molar-refractivity contribution in [2.45, 2.75) is 18.3 Å². The Labute approximate surface area is 124 Å². The fourth-order valence-electron chi connectivity index (χ4n) is 1.91. The van der Waals surface area contributed by atoms with Crippen LogP contribution in [0.1, 0.15) is 6.92 Å². The normalized spacial score (nSPS) is 21.9. The second-order valence-corrected chi connectivity index (χ2v) is 6.03. The maximum absolute atomic E-state index is 13.6. The molecule has 0 spiro atoms. The highest BCUT2D eigenvalue weighted by Crippen LogP contribution is 2.30. The van der Waals surface area contributed by atoms with Crippen molar-refractivity contribution in [3.63, 3.8) is 0 Å². The molecule has 0 aliphatic carbocycles. The number of carbonyl (C=O) groups excluding carboxylic acids is 1. The molecule has 1 aliphatic rings. The number of nitrogens with one attached hydrogen (secondary N) is 1. The number of anilines is 1. The van der Waals surface area contributed by atoms with Gasteiger partial charge in [0.2, 0.25) is 0 Å². The average molecular weight is 319 g/mol. The Morgan fingerprint density at radius 1 is 1.55 bits per heavy atom. The molecule has 0 aromatic heterocycles. The summed E-state index contributed by atoms with van der Waals surface area (Å²) in [5, 5.41) is 11.4. The van der Waals surface area contributed by atoms with Gasteiger partial charge in [0.25, 0.3) is 0 Å². The van der Waals surface area contributed by atoms with E-state index in [1.165, 1.54) is 28.8 Å². The molecular formula is C12H12ClFN2O3S. The number of aliphatic carboxylic acids is 1. The summed E-state index contributed by atoms with van der Waals surface area (Å²) < 4.78 is 13.6. The second kappa shape index (κ2) is 5.88. The molecule has 2 amide bonds. The lowest BCUT2D eigenvalue weighted by atomic mass is 10.3. The van der Waals surface area contributed by atoms with Crippen molar-refractivity contribution in [2.24, 2.45) is 0 Å². The Morgan fingerprint density at radius 2 is 2.25 bits per heavy atom. The van der Waals surface area contributed by atoms with Crippen LogP contribution in [0.5, 0.6) is 0 Å². The molecule has 1 aromatic rings. The number of halogens is 2. The van der Waals surface area contributed by atoms with Gasteiger partial charge in [-0.1, -0.05) is 11.6 Å². The highest BCUT2D eigenvalue weighted by Gasteiger charge is 2.39. The lowest BCUT2D eigenvalue weighted by Crippen LogP contribution is -2.46. The number of hydrogen-bond donors (Lipinski definition) is 2. The van der Waals surface area contributed by atoms with Crippen molar-refractivity contribution < 1.29 is 19.1 Å². The number of amides is 2. The van der Waals surface area contributed by atoms with Gasteiger partial charge in [0.15, 0.2) is 0 Å². The van der Waals surface area contributed by atoms with Gasteiger partial charge in [0.1, 0.15) is 11.9 Å². The van der Waals surface area contributed by atoms with Gasteiger partial charge >= 0.3 is 12.0 Å². The zero-order valence-electron chi connectivity index (χ0n) is 10.5. The number of urea groups is 1. The number of carbonyl (C=O) groups is 2. The smallest absolute Gasteiger partial charge is 0.327 e. The molecule has 20 heavy (non-hydrogen) atoms. The van der Waals surface area contributed by atoms with E-state index in [0.717, 1.165) is 6.07 Å². The van der Waals surface area contributed by atoms with E-state index in [0.29, 0.717) is 5.75 Å². The molecule has 1 aromatic carbocycles. The number of thioether (sulfide) groups is 1. The van der Waals surface area contributed by atoms with Gasteiger partial charge in [-0.3, -0.25) is 4.90 Å². The molecule has 1 aliphatic heterocycles. The van der Waals surface area contributed by atoms with Crippen LogP contribution in [0.2, 0.25) is 5.02 Å². The van der Waals surface area contributed by atoms with Crippen molar-refractivity contribution in [2.75, 3.05) is 11.1 Å². The number of carboxylic acids is 1. The summed E-state index contributed by atoms with van der Waals surface area (Å²) in [5.41, 5.74) is -0.0734. The molecule has 108 valence electrons. The molecule has 2 N–H and O–H groups in total. The average Bonchev–Trinajstić information content (AvgIpc) is 2.76. The van der Waals surface area contributed by atoms with E-state index in [2.05, 4.69) is 5.32 Å². The van der Waals surface area contributed by atoms with Crippen LogP contribution >= 0.6 is 23.4 Å². The van der Waals surface area contributed by atoms with Crippen LogP contribution in [0.4, 0.5) is 14.9 Å². The van der Waals surface area contributed by atoms with Crippen molar-refractivity contribution >= 4 is 41.1 Å². The Balaban J connectivity index is 2.18. The van der Waals surface area contributed by atoms with Gasteiger partial charge in [-0.25, -0.2) is 14.0 Å². The van der Waals surface area contributed by atoms with E-state index in [-0.39, 0.29) is 16.1 Å². The molecule has 0 bridgehead atoms. The summed E-state index contributed by atoms with van der Waals surface area (Å²) in [7, 11) is 0. The highest BCUT2D eigenvalue weighted by molar-refractivity contribution is 8.00. The monoisotopic (exact) mass is 318 g/mol. The van der Waals surface area contributed by atoms with Gasteiger partial charge in [0, 0.05) is 10.8 Å². The van der Waals surface area contributed by atoms with Crippen molar-refractivity contribution in [1.29, 1.82) is 0 Å². The highest BCUT2D eigenvalue weighted by atomic mass is 35.5. The first kappa shape index (κ1) is 14.9. The summed E-state index contributed by atoms with van der Waals surface area (Å²) in [5.74, 6) is -1.40. The second-order valence-electron chi connectivity index (χ2n) is 4.25. The standard InChI is InChI=1S/C12H12ClFN2O3S/c1-6-16(10(5-20-6)11(17)18)12(19)15-9-4-7(13)2-3-8(9)14/h2-4,6,10H,5H2,1H3,(H,15,19)(H,17,18). The third-order valence-corrected chi connectivity index (χ3v) is 4.37. The molecule has 8 heteroatoms. The first-order valence-electron chi connectivity index (χ1n) is 5.79. The van der Waals surface area contributed by atoms with E-state index >= 15 is 0 Å². The fourth-order valence-corrected chi connectivity index (χ4v) is 3.25. The summed E-state index contributed by atoms with van der Waals surface area (Å²) in [6, 6.07) is 2.20.